The van der Waals surface area contributed by atoms with Crippen molar-refractivity contribution in [2.45, 2.75) is 24.3 Å². The van der Waals surface area contributed by atoms with E-state index in [0.717, 1.165) is 0 Å². The van der Waals surface area contributed by atoms with Crippen molar-refractivity contribution >= 4 is 50.4 Å². The maximum Gasteiger partial charge on any atom is 0.243 e. The van der Waals surface area contributed by atoms with Crippen molar-refractivity contribution in [1.29, 1.82) is 0 Å². The van der Waals surface area contributed by atoms with E-state index in [1.807, 2.05) is 0 Å². The molecule has 19 heavy (non-hydrogen) atoms. The first-order chi connectivity index (χ1) is 8.66. The molecular formula is C11H14Cl2N2O2S2. The van der Waals surface area contributed by atoms with Crippen LogP contribution < -0.4 is 5.73 Å². The largest absolute Gasteiger partial charge is 0.393 e. The van der Waals surface area contributed by atoms with E-state index >= 15 is 0 Å². The molecule has 1 aromatic rings. The molecule has 0 saturated carbocycles. The van der Waals surface area contributed by atoms with E-state index in [9.17, 15) is 8.42 Å². The summed E-state index contributed by atoms with van der Waals surface area (Å²) >= 11 is 16.4. The second-order valence-electron chi connectivity index (χ2n) is 4.12. The van der Waals surface area contributed by atoms with Gasteiger partial charge in [-0.05, 0) is 25.1 Å². The minimum absolute atomic E-state index is 0.0826. The van der Waals surface area contributed by atoms with Gasteiger partial charge in [0.2, 0.25) is 10.0 Å². The molecule has 0 radical (unpaired) electrons. The molecule has 0 aliphatic carbocycles. The van der Waals surface area contributed by atoms with Gasteiger partial charge in [0.05, 0.1) is 19.9 Å². The van der Waals surface area contributed by atoms with Crippen molar-refractivity contribution in [3.8, 4) is 0 Å². The fraction of sp³-hybridized carbons (Fsp3) is 0.364. The SMILES string of the molecule is CC(CC(N)=S)N(C)S(=O)(=O)c1ccc(Cl)c(Cl)c1. The number of rotatable bonds is 5. The van der Waals surface area contributed by atoms with Crippen LogP contribution in [-0.4, -0.2) is 30.8 Å². The van der Waals surface area contributed by atoms with Gasteiger partial charge in [-0.3, -0.25) is 0 Å². The van der Waals surface area contributed by atoms with Crippen molar-refractivity contribution in [2.75, 3.05) is 7.05 Å². The molecule has 0 bridgehead atoms. The molecule has 0 fully saturated rings. The lowest BCUT2D eigenvalue weighted by atomic mass is 10.2. The highest BCUT2D eigenvalue weighted by Gasteiger charge is 2.26. The molecule has 4 nitrogen and oxygen atoms in total. The lowest BCUT2D eigenvalue weighted by molar-refractivity contribution is 0.397. The van der Waals surface area contributed by atoms with Crippen LogP contribution in [0.3, 0.4) is 0 Å². The highest BCUT2D eigenvalue weighted by atomic mass is 35.5. The van der Waals surface area contributed by atoms with E-state index in [2.05, 4.69) is 0 Å². The number of hydrogen-bond donors (Lipinski definition) is 1. The number of sulfonamides is 1. The van der Waals surface area contributed by atoms with E-state index in [1.165, 1.54) is 29.6 Å². The fourth-order valence-corrected chi connectivity index (χ4v) is 3.45. The zero-order valence-corrected chi connectivity index (χ0v) is 13.6. The smallest absolute Gasteiger partial charge is 0.243 e. The molecule has 8 heteroatoms. The summed E-state index contributed by atoms with van der Waals surface area (Å²) in [7, 11) is -2.18. The van der Waals surface area contributed by atoms with Crippen molar-refractivity contribution in [3.05, 3.63) is 28.2 Å². The molecule has 0 aliphatic heterocycles. The van der Waals surface area contributed by atoms with E-state index in [1.54, 1.807) is 6.92 Å². The average Bonchev–Trinajstić information content (AvgIpc) is 2.30. The Balaban J connectivity index is 3.09. The van der Waals surface area contributed by atoms with Gasteiger partial charge in [0.1, 0.15) is 0 Å². The van der Waals surface area contributed by atoms with Crippen LogP contribution in [0.4, 0.5) is 0 Å². The van der Waals surface area contributed by atoms with E-state index < -0.39 is 10.0 Å². The second-order valence-corrected chi connectivity index (χ2v) is 7.45. The maximum absolute atomic E-state index is 12.4. The first-order valence-corrected chi connectivity index (χ1v) is 7.98. The standard InChI is InChI=1S/C11H14Cl2N2O2S2/c1-7(5-11(14)18)15(2)19(16,17)8-3-4-9(12)10(13)6-8/h3-4,6-7H,5H2,1-2H3,(H2,14,18). The topological polar surface area (TPSA) is 63.4 Å². The minimum Gasteiger partial charge on any atom is -0.393 e. The normalized spacial score (nSPS) is 13.5. The molecule has 0 heterocycles. The number of hydrogen-bond acceptors (Lipinski definition) is 3. The van der Waals surface area contributed by atoms with Crippen LogP contribution in [-0.2, 0) is 10.0 Å². The summed E-state index contributed by atoms with van der Waals surface area (Å²) in [4.78, 5) is 0.350. The molecule has 1 atom stereocenters. The van der Waals surface area contributed by atoms with E-state index in [-0.39, 0.29) is 20.9 Å². The molecule has 1 rings (SSSR count). The number of nitrogens with two attached hydrogens (primary N) is 1. The Morgan fingerprint density at radius 2 is 2.00 bits per heavy atom. The summed E-state index contributed by atoms with van der Waals surface area (Å²) in [6.45, 7) is 1.73. The predicted octanol–water partition coefficient (Wildman–Crippen LogP) is 2.68. The summed E-state index contributed by atoms with van der Waals surface area (Å²) in [5.74, 6) is 0. The van der Waals surface area contributed by atoms with Gasteiger partial charge in [0.15, 0.2) is 0 Å². The van der Waals surface area contributed by atoms with Gasteiger partial charge in [0.25, 0.3) is 0 Å². The summed E-state index contributed by atoms with van der Waals surface area (Å²) < 4.78 is 25.9. The zero-order valence-electron chi connectivity index (χ0n) is 10.4. The predicted molar refractivity (Wildman–Crippen MR) is 82.3 cm³/mol. The van der Waals surface area contributed by atoms with E-state index in [4.69, 9.17) is 41.2 Å². The first kappa shape index (κ1) is 16.7. The van der Waals surface area contributed by atoms with Crippen molar-refractivity contribution in [2.24, 2.45) is 5.73 Å². The van der Waals surface area contributed by atoms with Gasteiger partial charge >= 0.3 is 0 Å². The van der Waals surface area contributed by atoms with Crippen molar-refractivity contribution < 1.29 is 8.42 Å². The third kappa shape index (κ3) is 4.03. The Morgan fingerprint density at radius 1 is 1.42 bits per heavy atom. The van der Waals surface area contributed by atoms with Gasteiger partial charge < -0.3 is 5.73 Å². The molecule has 2 N–H and O–H groups in total. The molecule has 0 spiro atoms. The lowest BCUT2D eigenvalue weighted by Gasteiger charge is -2.24. The number of benzene rings is 1. The average molecular weight is 341 g/mol. The summed E-state index contributed by atoms with van der Waals surface area (Å²) in [6.07, 6.45) is 0.312. The van der Waals surface area contributed by atoms with Gasteiger partial charge in [-0.25, -0.2) is 8.42 Å². The Bertz CT molecular complexity index is 590. The van der Waals surface area contributed by atoms with Crippen LogP contribution in [0, 0.1) is 0 Å². The number of thiocarbonyl (C=S) groups is 1. The van der Waals surface area contributed by atoms with Gasteiger partial charge in [-0.2, -0.15) is 4.31 Å². The minimum atomic E-state index is -3.65. The molecule has 106 valence electrons. The molecule has 0 aliphatic rings. The van der Waals surface area contributed by atoms with Gasteiger partial charge in [0, 0.05) is 19.5 Å². The molecular weight excluding hydrogens is 327 g/mol. The number of nitrogens with zero attached hydrogens (tertiary/aromatic N) is 1. The monoisotopic (exact) mass is 340 g/mol. The van der Waals surface area contributed by atoms with Crippen LogP contribution in [0.25, 0.3) is 0 Å². The zero-order chi connectivity index (χ0) is 14.8. The molecule has 0 amide bonds. The van der Waals surface area contributed by atoms with Crippen LogP contribution in [0.15, 0.2) is 23.1 Å². The Kier molecular flexibility index (Phi) is 5.58. The van der Waals surface area contributed by atoms with Gasteiger partial charge in [-0.15, -0.1) is 0 Å². The quantitative estimate of drug-likeness (QED) is 0.837. The summed E-state index contributed by atoms with van der Waals surface area (Å²) in [5.41, 5.74) is 5.43. The van der Waals surface area contributed by atoms with Crippen LogP contribution in [0.2, 0.25) is 10.0 Å². The Morgan fingerprint density at radius 3 is 2.47 bits per heavy atom. The van der Waals surface area contributed by atoms with Crippen molar-refractivity contribution in [1.82, 2.24) is 4.31 Å². The summed E-state index contributed by atoms with van der Waals surface area (Å²) in [5, 5.41) is 0.498. The maximum atomic E-state index is 12.4. The third-order valence-corrected chi connectivity index (χ3v) is 5.56. The van der Waals surface area contributed by atoms with Crippen LogP contribution >= 0.6 is 35.4 Å². The molecule has 0 aromatic heterocycles. The summed E-state index contributed by atoms with van der Waals surface area (Å²) in [6, 6.07) is 3.84. The molecule has 1 aromatic carbocycles. The highest BCUT2D eigenvalue weighted by molar-refractivity contribution is 7.89. The Labute approximate surface area is 128 Å². The van der Waals surface area contributed by atoms with Crippen molar-refractivity contribution in [3.63, 3.8) is 0 Å². The van der Waals surface area contributed by atoms with Crippen LogP contribution in [0.1, 0.15) is 13.3 Å². The molecule has 0 saturated heterocycles. The fourth-order valence-electron chi connectivity index (χ4n) is 1.46. The van der Waals surface area contributed by atoms with E-state index in [0.29, 0.717) is 11.4 Å². The lowest BCUT2D eigenvalue weighted by Crippen LogP contribution is -2.37. The first-order valence-electron chi connectivity index (χ1n) is 5.37. The van der Waals surface area contributed by atoms with Gasteiger partial charge in [-0.1, -0.05) is 35.4 Å². The van der Waals surface area contributed by atoms with Crippen LogP contribution in [0.5, 0.6) is 0 Å². The Hall–Kier alpha value is -0.400. The molecule has 1 unspecified atom stereocenters. The second kappa shape index (κ2) is 6.37. The number of halogens is 2. The highest BCUT2D eigenvalue weighted by Crippen LogP contribution is 2.27. The third-order valence-electron chi connectivity index (χ3n) is 2.69.